The van der Waals surface area contributed by atoms with Crippen LogP contribution in [-0.2, 0) is 11.3 Å². The molecule has 102 valence electrons. The third-order valence-electron chi connectivity index (χ3n) is 2.40. The number of alkyl halides is 3. The number of ketones is 1. The standard InChI is InChI=1S/C11H9F3N2O2S/c1-2-3-16-9-7(17)4-6(18-11(12,13)14)5-8(9)19-10(16)15/h2,5,15H,1,3-4H2. The maximum absolute atomic E-state index is 12.1. The van der Waals surface area contributed by atoms with Crippen LogP contribution in [-0.4, -0.2) is 16.7 Å². The van der Waals surface area contributed by atoms with Crippen molar-refractivity contribution in [2.45, 2.75) is 19.3 Å². The minimum absolute atomic E-state index is 0.0859. The summed E-state index contributed by atoms with van der Waals surface area (Å²) < 4.78 is 41.6. The van der Waals surface area contributed by atoms with Crippen molar-refractivity contribution in [2.75, 3.05) is 0 Å². The summed E-state index contributed by atoms with van der Waals surface area (Å²) in [7, 11) is 0. The Labute approximate surface area is 109 Å². The molecule has 1 aromatic heterocycles. The summed E-state index contributed by atoms with van der Waals surface area (Å²) in [5, 5.41) is 7.70. The third kappa shape index (κ3) is 2.78. The molecule has 0 aliphatic heterocycles. The summed E-state index contributed by atoms with van der Waals surface area (Å²) in [6, 6.07) is 0. The number of hydrogen-bond acceptors (Lipinski definition) is 4. The van der Waals surface area contributed by atoms with Gasteiger partial charge in [0.1, 0.15) is 11.5 Å². The molecule has 0 amide bonds. The number of carbonyl (C=O) groups is 1. The normalized spacial score (nSPS) is 14.9. The van der Waals surface area contributed by atoms with Gasteiger partial charge in [-0.25, -0.2) is 0 Å². The molecule has 0 radical (unpaired) electrons. The van der Waals surface area contributed by atoms with Gasteiger partial charge in [0.2, 0.25) is 0 Å². The molecule has 0 saturated carbocycles. The highest BCUT2D eigenvalue weighted by Crippen LogP contribution is 2.31. The van der Waals surface area contributed by atoms with Crippen LogP contribution in [0.5, 0.6) is 0 Å². The van der Waals surface area contributed by atoms with Gasteiger partial charge in [-0.1, -0.05) is 17.4 Å². The highest BCUT2D eigenvalue weighted by Gasteiger charge is 2.35. The van der Waals surface area contributed by atoms with E-state index in [1.54, 1.807) is 0 Å². The molecular weight excluding hydrogens is 281 g/mol. The van der Waals surface area contributed by atoms with Crippen molar-refractivity contribution in [3.8, 4) is 0 Å². The minimum atomic E-state index is -4.82. The lowest BCUT2D eigenvalue weighted by Gasteiger charge is -2.16. The average molecular weight is 290 g/mol. The zero-order valence-electron chi connectivity index (χ0n) is 9.58. The van der Waals surface area contributed by atoms with Gasteiger partial charge in [0.05, 0.1) is 11.3 Å². The van der Waals surface area contributed by atoms with E-state index in [2.05, 4.69) is 11.3 Å². The van der Waals surface area contributed by atoms with Crippen molar-refractivity contribution in [3.63, 3.8) is 0 Å². The molecular formula is C11H9F3N2O2S. The van der Waals surface area contributed by atoms with Crippen molar-refractivity contribution < 1.29 is 22.7 Å². The topological polar surface area (TPSA) is 55.1 Å². The number of fused-ring (bicyclic) bond motifs is 1. The Balaban J connectivity index is 2.45. The van der Waals surface area contributed by atoms with E-state index in [1.165, 1.54) is 10.6 Å². The largest absolute Gasteiger partial charge is 0.572 e. The Bertz CT molecular complexity index is 625. The highest BCUT2D eigenvalue weighted by atomic mass is 32.1. The van der Waals surface area contributed by atoms with E-state index >= 15 is 0 Å². The summed E-state index contributed by atoms with van der Waals surface area (Å²) >= 11 is 0.928. The molecule has 0 saturated heterocycles. The second kappa shape index (κ2) is 4.69. The molecule has 19 heavy (non-hydrogen) atoms. The molecule has 1 aliphatic carbocycles. The summed E-state index contributed by atoms with van der Waals surface area (Å²) in [4.78, 5) is 12.3. The van der Waals surface area contributed by atoms with E-state index in [4.69, 9.17) is 5.41 Å². The van der Waals surface area contributed by atoms with Gasteiger partial charge in [-0.15, -0.1) is 19.8 Å². The first-order valence-corrected chi connectivity index (χ1v) is 6.02. The van der Waals surface area contributed by atoms with Gasteiger partial charge < -0.3 is 9.30 Å². The van der Waals surface area contributed by atoms with Crippen molar-refractivity contribution in [1.82, 2.24) is 4.57 Å². The zero-order chi connectivity index (χ0) is 14.2. The van der Waals surface area contributed by atoms with Gasteiger partial charge >= 0.3 is 6.36 Å². The number of rotatable bonds is 3. The molecule has 0 fully saturated rings. The van der Waals surface area contributed by atoms with Gasteiger partial charge in [0.15, 0.2) is 10.6 Å². The number of halogens is 3. The Kier molecular flexibility index (Phi) is 3.36. The monoisotopic (exact) mass is 290 g/mol. The van der Waals surface area contributed by atoms with Gasteiger partial charge in [0, 0.05) is 6.54 Å². The smallest absolute Gasteiger partial charge is 0.410 e. The molecule has 0 aromatic carbocycles. The number of hydrogen-bond donors (Lipinski definition) is 1. The van der Waals surface area contributed by atoms with E-state index < -0.39 is 24.3 Å². The summed E-state index contributed by atoms with van der Waals surface area (Å²) in [5.74, 6) is -0.939. The highest BCUT2D eigenvalue weighted by molar-refractivity contribution is 7.10. The second-order valence-corrected chi connectivity index (χ2v) is 4.81. The fourth-order valence-corrected chi connectivity index (χ4v) is 2.78. The first-order chi connectivity index (χ1) is 8.81. The lowest BCUT2D eigenvalue weighted by Crippen LogP contribution is -2.22. The Hall–Kier alpha value is -1.83. The SMILES string of the molecule is C=CCn1c2c(sc1=N)C=C(OC(F)(F)F)CC2=O. The first kappa shape index (κ1) is 13.6. The van der Waals surface area contributed by atoms with Crippen LogP contribution in [0.15, 0.2) is 18.4 Å². The summed E-state index contributed by atoms with van der Waals surface area (Å²) in [6.07, 6.45) is -2.60. The second-order valence-electron chi connectivity index (χ2n) is 3.78. The molecule has 0 spiro atoms. The Morgan fingerprint density at radius 2 is 2.26 bits per heavy atom. The van der Waals surface area contributed by atoms with Crippen LogP contribution in [0.2, 0.25) is 0 Å². The molecule has 0 bridgehead atoms. The third-order valence-corrected chi connectivity index (χ3v) is 3.35. The number of nitrogens with zero attached hydrogens (tertiary/aromatic N) is 1. The van der Waals surface area contributed by atoms with E-state index in [1.807, 2.05) is 0 Å². The van der Waals surface area contributed by atoms with Crippen molar-refractivity contribution in [2.24, 2.45) is 0 Å². The minimum Gasteiger partial charge on any atom is -0.410 e. The van der Waals surface area contributed by atoms with Crippen molar-refractivity contribution in [1.29, 1.82) is 5.41 Å². The first-order valence-electron chi connectivity index (χ1n) is 5.20. The Morgan fingerprint density at radius 3 is 2.84 bits per heavy atom. The number of carbonyl (C=O) groups excluding carboxylic acids is 1. The quantitative estimate of drug-likeness (QED) is 0.870. The number of thiazole rings is 1. The fourth-order valence-electron chi connectivity index (χ4n) is 1.78. The maximum Gasteiger partial charge on any atom is 0.572 e. The average Bonchev–Trinajstić information content (AvgIpc) is 2.53. The lowest BCUT2D eigenvalue weighted by molar-refractivity contribution is -0.305. The Morgan fingerprint density at radius 1 is 1.58 bits per heavy atom. The van der Waals surface area contributed by atoms with Crippen molar-refractivity contribution in [3.05, 3.63) is 33.8 Å². The summed E-state index contributed by atoms with van der Waals surface area (Å²) in [6.45, 7) is 3.78. The van der Waals surface area contributed by atoms with Gasteiger partial charge in [-0.05, 0) is 6.08 Å². The number of allylic oxidation sites excluding steroid dienone is 2. The lowest BCUT2D eigenvalue weighted by atomic mass is 10.1. The van der Waals surface area contributed by atoms with Crippen LogP contribution in [0.25, 0.3) is 6.08 Å². The van der Waals surface area contributed by atoms with E-state index in [9.17, 15) is 18.0 Å². The van der Waals surface area contributed by atoms with E-state index in [0.29, 0.717) is 4.88 Å². The number of nitrogens with one attached hydrogen (secondary N) is 1. The van der Waals surface area contributed by atoms with Crippen LogP contribution in [0.1, 0.15) is 21.8 Å². The predicted molar refractivity (Wildman–Crippen MR) is 62.4 cm³/mol. The van der Waals surface area contributed by atoms with E-state index in [0.717, 1.165) is 17.4 Å². The molecule has 0 unspecified atom stereocenters. The molecule has 0 atom stereocenters. The van der Waals surface area contributed by atoms with Crippen LogP contribution < -0.4 is 4.80 Å². The summed E-state index contributed by atoms with van der Waals surface area (Å²) in [5.41, 5.74) is 0.240. The number of Topliss-reactive ketones (excluding diaryl/α,β-unsaturated/α-hetero) is 1. The maximum atomic E-state index is 12.1. The molecule has 1 N–H and O–H groups in total. The molecule has 1 heterocycles. The fraction of sp³-hybridized carbons (Fsp3) is 0.273. The van der Waals surface area contributed by atoms with Crippen molar-refractivity contribution >= 4 is 23.2 Å². The number of aromatic nitrogens is 1. The molecule has 8 heteroatoms. The predicted octanol–water partition coefficient (Wildman–Crippen LogP) is 2.68. The van der Waals surface area contributed by atoms with Crippen LogP contribution in [0.3, 0.4) is 0 Å². The van der Waals surface area contributed by atoms with Gasteiger partial charge in [0.25, 0.3) is 0 Å². The molecule has 2 rings (SSSR count). The zero-order valence-corrected chi connectivity index (χ0v) is 10.4. The van der Waals surface area contributed by atoms with Crippen LogP contribution in [0, 0.1) is 5.41 Å². The van der Waals surface area contributed by atoms with E-state index in [-0.39, 0.29) is 17.0 Å². The molecule has 4 nitrogen and oxygen atoms in total. The van der Waals surface area contributed by atoms with Crippen LogP contribution >= 0.6 is 11.3 Å². The van der Waals surface area contributed by atoms with Gasteiger partial charge in [-0.3, -0.25) is 10.2 Å². The van der Waals surface area contributed by atoms with Crippen LogP contribution in [0.4, 0.5) is 13.2 Å². The molecule has 1 aromatic rings. The molecule has 1 aliphatic rings. The van der Waals surface area contributed by atoms with Gasteiger partial charge in [-0.2, -0.15) is 0 Å². The number of ether oxygens (including phenoxy) is 1.